The van der Waals surface area contributed by atoms with E-state index in [0.29, 0.717) is 5.75 Å². The number of nitrogens with one attached hydrogen (secondary N) is 1. The molecule has 1 N–H and O–H groups in total. The van der Waals surface area contributed by atoms with Gasteiger partial charge in [-0.05, 0) is 25.1 Å². The van der Waals surface area contributed by atoms with Crippen LogP contribution in [0.2, 0.25) is 0 Å². The minimum Gasteiger partial charge on any atom is -0.493 e. The van der Waals surface area contributed by atoms with Crippen molar-refractivity contribution < 1.29 is 9.47 Å². The van der Waals surface area contributed by atoms with E-state index < -0.39 is 0 Å². The Hall–Kier alpha value is -2.17. The number of benzene rings is 1. The number of rotatable bonds is 5. The second-order valence-electron chi connectivity index (χ2n) is 4.32. The predicted molar refractivity (Wildman–Crippen MR) is 74.8 cm³/mol. The normalized spacial score (nSPS) is 12.0. The molecule has 0 spiro atoms. The highest BCUT2D eigenvalue weighted by atomic mass is 16.5. The van der Waals surface area contributed by atoms with Gasteiger partial charge in [-0.2, -0.15) is 5.10 Å². The van der Waals surface area contributed by atoms with Gasteiger partial charge in [-0.3, -0.25) is 4.68 Å². The number of hydrogen-bond donors (Lipinski definition) is 1. The van der Waals surface area contributed by atoms with Crippen molar-refractivity contribution in [2.75, 3.05) is 19.5 Å². The number of methoxy groups -OCH3 is 2. The first kappa shape index (κ1) is 13.3. The highest BCUT2D eigenvalue weighted by molar-refractivity contribution is 5.55. The van der Waals surface area contributed by atoms with Gasteiger partial charge in [-0.25, -0.2) is 0 Å². The lowest BCUT2D eigenvalue weighted by Crippen LogP contribution is -2.11. The molecule has 0 aliphatic carbocycles. The first-order valence-electron chi connectivity index (χ1n) is 6.12. The van der Waals surface area contributed by atoms with Crippen molar-refractivity contribution in [2.24, 2.45) is 7.05 Å². The van der Waals surface area contributed by atoms with Crippen molar-refractivity contribution in [1.82, 2.24) is 9.78 Å². The van der Waals surface area contributed by atoms with Gasteiger partial charge >= 0.3 is 0 Å². The van der Waals surface area contributed by atoms with E-state index in [9.17, 15) is 0 Å². The van der Waals surface area contributed by atoms with E-state index in [1.807, 2.05) is 36.0 Å². The number of ether oxygens (including phenoxy) is 2. The monoisotopic (exact) mass is 261 g/mol. The zero-order chi connectivity index (χ0) is 13.8. The lowest BCUT2D eigenvalue weighted by molar-refractivity contribution is 0.355. The van der Waals surface area contributed by atoms with Crippen LogP contribution in [0.4, 0.5) is 5.69 Å². The number of anilines is 1. The fourth-order valence-corrected chi connectivity index (χ4v) is 2.06. The molecular weight excluding hydrogens is 242 g/mol. The SMILES string of the molecule is COc1ccc(NC(C)c2ccnn2C)cc1OC. The zero-order valence-electron chi connectivity index (χ0n) is 11.7. The van der Waals surface area contributed by atoms with E-state index in [-0.39, 0.29) is 6.04 Å². The maximum atomic E-state index is 5.29. The standard InChI is InChI=1S/C14H19N3O2/c1-10(12-7-8-15-17(12)2)16-11-5-6-13(18-3)14(9-11)19-4/h5-10,16H,1-4H3. The molecule has 102 valence electrons. The highest BCUT2D eigenvalue weighted by Gasteiger charge is 2.11. The quantitative estimate of drug-likeness (QED) is 0.898. The van der Waals surface area contributed by atoms with Crippen molar-refractivity contribution in [3.63, 3.8) is 0 Å². The molecule has 0 aliphatic rings. The molecule has 0 saturated heterocycles. The molecule has 0 aliphatic heterocycles. The maximum Gasteiger partial charge on any atom is 0.162 e. The van der Waals surface area contributed by atoms with Crippen LogP contribution in [-0.4, -0.2) is 24.0 Å². The van der Waals surface area contributed by atoms with E-state index in [4.69, 9.17) is 9.47 Å². The van der Waals surface area contributed by atoms with Crippen LogP contribution in [0.5, 0.6) is 11.5 Å². The molecule has 0 saturated carbocycles. The van der Waals surface area contributed by atoms with Crippen molar-refractivity contribution in [3.8, 4) is 11.5 Å². The molecule has 2 rings (SSSR count). The summed E-state index contributed by atoms with van der Waals surface area (Å²) in [5.74, 6) is 1.44. The highest BCUT2D eigenvalue weighted by Crippen LogP contribution is 2.31. The first-order chi connectivity index (χ1) is 9.15. The Bertz CT molecular complexity index is 551. The largest absolute Gasteiger partial charge is 0.493 e. The van der Waals surface area contributed by atoms with Crippen molar-refractivity contribution >= 4 is 5.69 Å². The second-order valence-corrected chi connectivity index (χ2v) is 4.32. The van der Waals surface area contributed by atoms with Crippen LogP contribution in [-0.2, 0) is 7.05 Å². The van der Waals surface area contributed by atoms with Crippen LogP contribution in [0.3, 0.4) is 0 Å². The van der Waals surface area contributed by atoms with Crippen LogP contribution in [0, 0.1) is 0 Å². The second kappa shape index (κ2) is 5.65. The molecule has 5 nitrogen and oxygen atoms in total. The van der Waals surface area contributed by atoms with Gasteiger partial charge in [0.1, 0.15) is 0 Å². The lowest BCUT2D eigenvalue weighted by Gasteiger charge is -2.17. The molecule has 1 atom stereocenters. The molecule has 0 amide bonds. The molecule has 1 unspecified atom stereocenters. The maximum absolute atomic E-state index is 5.29. The molecule has 5 heteroatoms. The van der Waals surface area contributed by atoms with E-state index in [2.05, 4.69) is 17.3 Å². The van der Waals surface area contributed by atoms with E-state index in [1.54, 1.807) is 20.4 Å². The van der Waals surface area contributed by atoms with Gasteiger partial charge in [0, 0.05) is 25.0 Å². The smallest absolute Gasteiger partial charge is 0.162 e. The number of aromatic nitrogens is 2. The summed E-state index contributed by atoms with van der Waals surface area (Å²) < 4.78 is 12.4. The summed E-state index contributed by atoms with van der Waals surface area (Å²) in [4.78, 5) is 0. The number of hydrogen-bond acceptors (Lipinski definition) is 4. The van der Waals surface area contributed by atoms with Gasteiger partial charge in [0.25, 0.3) is 0 Å². The van der Waals surface area contributed by atoms with Crippen LogP contribution in [0.25, 0.3) is 0 Å². The van der Waals surface area contributed by atoms with Gasteiger partial charge in [0.05, 0.1) is 26.0 Å². The minimum atomic E-state index is 0.158. The average Bonchev–Trinajstić information content (AvgIpc) is 2.85. The molecule has 0 fully saturated rings. The molecule has 2 aromatic rings. The topological polar surface area (TPSA) is 48.3 Å². The van der Waals surface area contributed by atoms with Gasteiger partial charge in [0.2, 0.25) is 0 Å². The van der Waals surface area contributed by atoms with E-state index in [0.717, 1.165) is 17.1 Å². The third kappa shape index (κ3) is 2.81. The Morgan fingerprint density at radius 2 is 1.89 bits per heavy atom. The van der Waals surface area contributed by atoms with Crippen LogP contribution in [0.15, 0.2) is 30.5 Å². The lowest BCUT2D eigenvalue weighted by atomic mass is 10.2. The molecule has 1 aromatic carbocycles. The molecule has 0 radical (unpaired) electrons. The molecular formula is C14H19N3O2. The predicted octanol–water partition coefficient (Wildman–Crippen LogP) is 2.61. The Morgan fingerprint density at radius 1 is 1.16 bits per heavy atom. The number of aryl methyl sites for hydroxylation is 1. The van der Waals surface area contributed by atoms with Crippen LogP contribution < -0.4 is 14.8 Å². The van der Waals surface area contributed by atoms with Crippen molar-refractivity contribution in [3.05, 3.63) is 36.2 Å². The fourth-order valence-electron chi connectivity index (χ4n) is 2.06. The molecule has 0 bridgehead atoms. The van der Waals surface area contributed by atoms with Crippen molar-refractivity contribution in [2.45, 2.75) is 13.0 Å². The van der Waals surface area contributed by atoms with Crippen LogP contribution in [0.1, 0.15) is 18.7 Å². The Labute approximate surface area is 113 Å². The Balaban J connectivity index is 2.17. The average molecular weight is 261 g/mol. The van der Waals surface area contributed by atoms with Crippen molar-refractivity contribution in [1.29, 1.82) is 0 Å². The summed E-state index contributed by atoms with van der Waals surface area (Å²) >= 11 is 0. The van der Waals surface area contributed by atoms with E-state index >= 15 is 0 Å². The zero-order valence-corrected chi connectivity index (χ0v) is 11.7. The summed E-state index contributed by atoms with van der Waals surface area (Å²) in [6.45, 7) is 2.09. The van der Waals surface area contributed by atoms with Gasteiger partial charge in [-0.1, -0.05) is 0 Å². The van der Waals surface area contributed by atoms with Gasteiger partial charge < -0.3 is 14.8 Å². The minimum absolute atomic E-state index is 0.158. The van der Waals surface area contributed by atoms with E-state index in [1.165, 1.54) is 0 Å². The molecule has 1 aromatic heterocycles. The first-order valence-corrected chi connectivity index (χ1v) is 6.12. The molecule has 19 heavy (non-hydrogen) atoms. The molecule has 1 heterocycles. The Morgan fingerprint density at radius 3 is 2.47 bits per heavy atom. The Kier molecular flexibility index (Phi) is 3.94. The van der Waals surface area contributed by atoms with Crippen LogP contribution >= 0.6 is 0 Å². The summed E-state index contributed by atoms with van der Waals surface area (Å²) in [7, 11) is 5.19. The van der Waals surface area contributed by atoms with Gasteiger partial charge in [-0.15, -0.1) is 0 Å². The summed E-state index contributed by atoms with van der Waals surface area (Å²) in [6, 6.07) is 7.93. The fraction of sp³-hybridized carbons (Fsp3) is 0.357. The third-order valence-corrected chi connectivity index (χ3v) is 3.07. The summed E-state index contributed by atoms with van der Waals surface area (Å²) in [5.41, 5.74) is 2.10. The summed E-state index contributed by atoms with van der Waals surface area (Å²) in [6.07, 6.45) is 1.79. The van der Waals surface area contributed by atoms with Gasteiger partial charge in [0.15, 0.2) is 11.5 Å². The number of nitrogens with zero attached hydrogens (tertiary/aromatic N) is 2. The third-order valence-electron chi connectivity index (χ3n) is 3.07. The summed E-state index contributed by atoms with van der Waals surface area (Å²) in [5, 5.41) is 7.59.